The quantitative estimate of drug-likeness (QED) is 0.885. The molecule has 0 saturated heterocycles. The molecule has 1 amide bonds. The molecule has 0 bridgehead atoms. The van der Waals surface area contributed by atoms with Crippen molar-refractivity contribution in [3.8, 4) is 0 Å². The summed E-state index contributed by atoms with van der Waals surface area (Å²) < 4.78 is 1.76. The highest BCUT2D eigenvalue weighted by Gasteiger charge is 2.33. The number of carboxylic acids is 1. The first kappa shape index (κ1) is 12.7. The van der Waals surface area contributed by atoms with E-state index < -0.39 is 5.97 Å². The molecular weight excluding hydrogens is 258 g/mol. The van der Waals surface area contributed by atoms with Crippen molar-refractivity contribution in [1.82, 2.24) is 14.5 Å². The number of hydrogen-bond acceptors (Lipinski definition) is 3. The van der Waals surface area contributed by atoms with E-state index in [1.165, 1.54) is 4.90 Å². The smallest absolute Gasteiger partial charge is 0.323 e. The minimum atomic E-state index is -0.972. The molecule has 2 aromatic rings. The number of aromatic nitrogens is 2. The Bertz CT molecular complexity index is 660. The van der Waals surface area contributed by atoms with E-state index in [4.69, 9.17) is 5.11 Å². The Morgan fingerprint density at radius 3 is 2.80 bits per heavy atom. The molecular formula is C14H15N3O3. The summed E-state index contributed by atoms with van der Waals surface area (Å²) in [4.78, 5) is 28.8. The van der Waals surface area contributed by atoms with E-state index in [0.717, 1.165) is 23.9 Å². The number of rotatable bonds is 5. The molecule has 1 aromatic heterocycles. The van der Waals surface area contributed by atoms with Crippen LogP contribution in [0.15, 0.2) is 30.6 Å². The van der Waals surface area contributed by atoms with Crippen LogP contribution in [0.4, 0.5) is 0 Å². The maximum Gasteiger partial charge on any atom is 0.323 e. The Morgan fingerprint density at radius 1 is 1.35 bits per heavy atom. The van der Waals surface area contributed by atoms with E-state index in [2.05, 4.69) is 4.98 Å². The highest BCUT2D eigenvalue weighted by Crippen LogP contribution is 2.27. The van der Waals surface area contributed by atoms with Gasteiger partial charge in [-0.15, -0.1) is 0 Å². The molecule has 1 saturated carbocycles. The van der Waals surface area contributed by atoms with Gasteiger partial charge in [0.05, 0.1) is 17.4 Å². The average Bonchev–Trinajstić information content (AvgIpc) is 3.19. The third kappa shape index (κ3) is 2.49. The fraction of sp³-hybridized carbons (Fsp3) is 0.357. The normalized spacial score (nSPS) is 14.4. The van der Waals surface area contributed by atoms with E-state index >= 15 is 0 Å². The molecule has 0 atom stereocenters. The monoisotopic (exact) mass is 273 g/mol. The zero-order valence-electron chi connectivity index (χ0n) is 10.9. The Kier molecular flexibility index (Phi) is 3.14. The minimum Gasteiger partial charge on any atom is -0.480 e. The average molecular weight is 273 g/mol. The van der Waals surface area contributed by atoms with E-state index in [-0.39, 0.29) is 25.0 Å². The second-order valence-corrected chi connectivity index (χ2v) is 5.01. The number of hydrogen-bond donors (Lipinski definition) is 1. The zero-order chi connectivity index (χ0) is 14.1. The maximum absolute atomic E-state index is 12.3. The van der Waals surface area contributed by atoms with Gasteiger partial charge in [0.2, 0.25) is 5.91 Å². The fourth-order valence-corrected chi connectivity index (χ4v) is 2.33. The van der Waals surface area contributed by atoms with E-state index in [0.29, 0.717) is 0 Å². The van der Waals surface area contributed by atoms with Crippen LogP contribution in [0.2, 0.25) is 0 Å². The van der Waals surface area contributed by atoms with Gasteiger partial charge in [-0.3, -0.25) is 9.59 Å². The van der Waals surface area contributed by atoms with Crippen molar-refractivity contribution in [3.63, 3.8) is 0 Å². The minimum absolute atomic E-state index is 0.0911. The van der Waals surface area contributed by atoms with Gasteiger partial charge < -0.3 is 14.6 Å². The summed E-state index contributed by atoms with van der Waals surface area (Å²) >= 11 is 0. The number of nitrogens with zero attached hydrogens (tertiary/aromatic N) is 3. The summed E-state index contributed by atoms with van der Waals surface area (Å²) in [5.74, 6) is -1.14. The molecule has 6 nitrogen and oxygen atoms in total. The molecule has 0 unspecified atom stereocenters. The van der Waals surface area contributed by atoms with Crippen molar-refractivity contribution in [2.45, 2.75) is 25.4 Å². The lowest BCUT2D eigenvalue weighted by atomic mass is 10.3. The van der Waals surface area contributed by atoms with E-state index in [1.807, 2.05) is 24.3 Å². The summed E-state index contributed by atoms with van der Waals surface area (Å²) in [5, 5.41) is 8.89. The van der Waals surface area contributed by atoms with Crippen LogP contribution in [0.5, 0.6) is 0 Å². The van der Waals surface area contributed by atoms with Crippen LogP contribution >= 0.6 is 0 Å². The van der Waals surface area contributed by atoms with Crippen LogP contribution in [0.1, 0.15) is 12.8 Å². The molecule has 1 N–H and O–H groups in total. The lowest BCUT2D eigenvalue weighted by Gasteiger charge is -2.20. The third-order valence-corrected chi connectivity index (χ3v) is 3.45. The molecule has 104 valence electrons. The molecule has 1 fully saturated rings. The Hall–Kier alpha value is -2.37. The van der Waals surface area contributed by atoms with Crippen molar-refractivity contribution < 1.29 is 14.7 Å². The van der Waals surface area contributed by atoms with E-state index in [1.54, 1.807) is 10.9 Å². The summed E-state index contributed by atoms with van der Waals surface area (Å²) in [5.41, 5.74) is 1.71. The van der Waals surface area contributed by atoms with Crippen LogP contribution < -0.4 is 0 Å². The standard InChI is InChI=1S/C14H15N3O3/c18-13(17(8-14(19)20)10-5-6-10)7-16-9-15-11-3-1-2-4-12(11)16/h1-4,9-10H,5-8H2,(H,19,20). The van der Waals surface area contributed by atoms with Gasteiger partial charge in [-0.1, -0.05) is 12.1 Å². The van der Waals surface area contributed by atoms with Crippen LogP contribution in [-0.2, 0) is 16.1 Å². The number of benzene rings is 1. The summed E-state index contributed by atoms with van der Waals surface area (Å²) in [6, 6.07) is 7.65. The SMILES string of the molecule is O=C(O)CN(C(=O)Cn1cnc2ccccc21)C1CC1. The van der Waals surface area contributed by atoms with Crippen LogP contribution in [0, 0.1) is 0 Å². The lowest BCUT2D eigenvalue weighted by molar-refractivity contribution is -0.145. The van der Waals surface area contributed by atoms with E-state index in [9.17, 15) is 9.59 Å². The van der Waals surface area contributed by atoms with Crippen molar-refractivity contribution in [2.24, 2.45) is 0 Å². The number of amides is 1. The molecule has 1 heterocycles. The number of fused-ring (bicyclic) bond motifs is 1. The van der Waals surface area contributed by atoms with Gasteiger partial charge in [0.15, 0.2) is 0 Å². The first-order valence-electron chi connectivity index (χ1n) is 6.56. The van der Waals surface area contributed by atoms with Gasteiger partial charge in [0, 0.05) is 6.04 Å². The Balaban J connectivity index is 1.78. The van der Waals surface area contributed by atoms with Gasteiger partial charge in [0.1, 0.15) is 13.1 Å². The van der Waals surface area contributed by atoms with Crippen molar-refractivity contribution in [2.75, 3.05) is 6.54 Å². The van der Waals surface area contributed by atoms with Gasteiger partial charge >= 0.3 is 5.97 Å². The van der Waals surface area contributed by atoms with Crippen molar-refractivity contribution >= 4 is 22.9 Å². The molecule has 3 rings (SSSR count). The topological polar surface area (TPSA) is 75.4 Å². The number of carbonyl (C=O) groups excluding carboxylic acids is 1. The third-order valence-electron chi connectivity index (χ3n) is 3.45. The second kappa shape index (κ2) is 4.96. The largest absolute Gasteiger partial charge is 0.480 e. The van der Waals surface area contributed by atoms with Crippen LogP contribution in [0.3, 0.4) is 0 Å². The van der Waals surface area contributed by atoms with Gasteiger partial charge in [-0.05, 0) is 25.0 Å². The Labute approximate surface area is 115 Å². The van der Waals surface area contributed by atoms with Gasteiger partial charge in [-0.25, -0.2) is 4.98 Å². The van der Waals surface area contributed by atoms with Crippen molar-refractivity contribution in [1.29, 1.82) is 0 Å². The van der Waals surface area contributed by atoms with Gasteiger partial charge in [0.25, 0.3) is 0 Å². The molecule has 0 spiro atoms. The lowest BCUT2D eigenvalue weighted by Crippen LogP contribution is -2.39. The Morgan fingerprint density at radius 2 is 2.10 bits per heavy atom. The molecule has 0 aliphatic heterocycles. The summed E-state index contributed by atoms with van der Waals surface area (Å²) in [6.45, 7) is -0.0968. The highest BCUT2D eigenvalue weighted by molar-refractivity contribution is 5.83. The number of carboxylic acid groups (broad SMARTS) is 1. The highest BCUT2D eigenvalue weighted by atomic mass is 16.4. The second-order valence-electron chi connectivity index (χ2n) is 5.01. The zero-order valence-corrected chi connectivity index (χ0v) is 10.9. The molecule has 6 heteroatoms. The van der Waals surface area contributed by atoms with Crippen LogP contribution in [0.25, 0.3) is 11.0 Å². The number of para-hydroxylation sites is 2. The molecule has 1 aliphatic rings. The number of imidazole rings is 1. The number of carbonyl (C=O) groups is 2. The first-order chi connectivity index (χ1) is 9.65. The van der Waals surface area contributed by atoms with Crippen molar-refractivity contribution in [3.05, 3.63) is 30.6 Å². The number of aliphatic carboxylic acids is 1. The van der Waals surface area contributed by atoms with Crippen LogP contribution in [-0.4, -0.2) is 44.0 Å². The van der Waals surface area contributed by atoms with Gasteiger partial charge in [-0.2, -0.15) is 0 Å². The molecule has 1 aromatic carbocycles. The maximum atomic E-state index is 12.3. The summed E-state index contributed by atoms with van der Waals surface area (Å²) in [6.07, 6.45) is 3.40. The predicted octanol–water partition coefficient (Wildman–Crippen LogP) is 1.11. The molecule has 0 radical (unpaired) electrons. The molecule has 20 heavy (non-hydrogen) atoms. The predicted molar refractivity (Wildman–Crippen MR) is 72.1 cm³/mol. The molecule has 1 aliphatic carbocycles. The summed E-state index contributed by atoms with van der Waals surface area (Å²) in [7, 11) is 0. The fourth-order valence-electron chi connectivity index (χ4n) is 2.33. The first-order valence-corrected chi connectivity index (χ1v) is 6.56.